The van der Waals surface area contributed by atoms with E-state index in [0.717, 1.165) is 75.6 Å². The third-order valence-electron chi connectivity index (χ3n) is 15.4. The van der Waals surface area contributed by atoms with E-state index < -0.39 is 71.1 Å². The number of carbonyl (C=O) groups is 5. The fourth-order valence-corrected chi connectivity index (χ4v) is 12.0. The fraction of sp³-hybridized carbons (Fsp3) is 0.476. The Morgan fingerprint density at radius 2 is 1.03 bits per heavy atom. The van der Waals surface area contributed by atoms with Crippen molar-refractivity contribution in [1.82, 2.24) is 64.4 Å². The van der Waals surface area contributed by atoms with Crippen LogP contribution in [-0.2, 0) is 46.7 Å². The first kappa shape index (κ1) is 73.3. The number of hydrogen-bond acceptors (Lipinski definition) is 21. The molecular formula is C63H77ClF4N16O10S2. The number of esters is 2. The number of halogens is 5. The predicted molar refractivity (Wildman–Crippen MR) is 349 cm³/mol. The Morgan fingerprint density at radius 1 is 0.604 bits per heavy atom. The van der Waals surface area contributed by atoms with Gasteiger partial charge in [0, 0.05) is 59.9 Å². The lowest BCUT2D eigenvalue weighted by atomic mass is 9.93. The molecule has 0 aromatic carbocycles. The molecule has 8 aromatic heterocycles. The van der Waals surface area contributed by atoms with E-state index in [9.17, 15) is 41.5 Å². The summed E-state index contributed by atoms with van der Waals surface area (Å²) in [7, 11) is 0. The monoisotopic (exact) mass is 1390 g/mol. The van der Waals surface area contributed by atoms with Gasteiger partial charge in [-0.05, 0) is 122 Å². The van der Waals surface area contributed by atoms with Crippen LogP contribution in [-0.4, -0.2) is 132 Å². The van der Waals surface area contributed by atoms with Crippen LogP contribution in [0.1, 0.15) is 147 Å². The summed E-state index contributed by atoms with van der Waals surface area (Å²) in [5.41, 5.74) is 6.18. The first-order chi connectivity index (χ1) is 45.3. The topological polar surface area (TPSA) is 316 Å². The van der Waals surface area contributed by atoms with Crippen LogP contribution in [0.4, 0.5) is 33.7 Å². The zero-order valence-corrected chi connectivity index (χ0v) is 56.7. The number of pyridine rings is 2. The van der Waals surface area contributed by atoms with Gasteiger partial charge < -0.3 is 45.4 Å². The van der Waals surface area contributed by atoms with Crippen LogP contribution in [0, 0.1) is 35.4 Å². The van der Waals surface area contributed by atoms with Gasteiger partial charge >= 0.3 is 18.0 Å². The smallest absolute Gasteiger partial charge is 0.408 e. The second kappa shape index (κ2) is 32.9. The SMILES string of the molecule is CCOC1CCC(n2cc(NC(=O)c3csc(-c4cnn(COC(=O)[C@@H](N)C(C)C)c4)n3)c(-c3nc(F)ccc3F)n2)CC1.CCOC1CCC(n2cc(NC(=O)c3csc(-c4cnn(COC(=O)[C@@H](NC(=O)OC(C)(C)C)C(C)C)c4)n3)c(-c3nc(F)ccc3F)n2)CC1.Cl. The molecule has 2 aliphatic carbocycles. The quantitative estimate of drug-likeness (QED) is 0.0200. The van der Waals surface area contributed by atoms with Gasteiger partial charge in [-0.15, -0.1) is 35.1 Å². The second-order valence-corrected chi connectivity index (χ2v) is 26.0. The number of thiazole rings is 2. The van der Waals surface area contributed by atoms with Gasteiger partial charge in [0.25, 0.3) is 11.8 Å². The van der Waals surface area contributed by atoms with Crippen LogP contribution in [0.3, 0.4) is 0 Å². The first-order valence-electron chi connectivity index (χ1n) is 31.1. The van der Waals surface area contributed by atoms with Crippen LogP contribution in [0.5, 0.6) is 0 Å². The molecule has 10 rings (SSSR count). The molecule has 8 heterocycles. The van der Waals surface area contributed by atoms with Crippen LogP contribution in [0.25, 0.3) is 43.9 Å². The maximum Gasteiger partial charge on any atom is 0.408 e. The number of nitrogens with one attached hydrogen (secondary N) is 3. The van der Waals surface area contributed by atoms with Gasteiger partial charge in [-0.2, -0.15) is 29.2 Å². The minimum Gasteiger partial charge on any atom is -0.444 e. The number of nitrogens with zero attached hydrogens (tertiary/aromatic N) is 12. The molecule has 8 aromatic rings. The van der Waals surface area contributed by atoms with Crippen LogP contribution in [0.2, 0.25) is 0 Å². The molecule has 0 spiro atoms. The summed E-state index contributed by atoms with van der Waals surface area (Å²) in [5, 5.41) is 29.7. The van der Waals surface area contributed by atoms with E-state index in [2.05, 4.69) is 56.3 Å². The lowest BCUT2D eigenvalue weighted by molar-refractivity contribution is -0.152. The number of rotatable bonds is 23. The van der Waals surface area contributed by atoms with Gasteiger partial charge in [0.2, 0.25) is 11.9 Å². The van der Waals surface area contributed by atoms with E-state index in [4.69, 9.17) is 29.4 Å². The van der Waals surface area contributed by atoms with Gasteiger partial charge in [0.15, 0.2) is 25.1 Å². The summed E-state index contributed by atoms with van der Waals surface area (Å²) in [4.78, 5) is 80.1. The van der Waals surface area contributed by atoms with Crippen molar-refractivity contribution in [2.45, 2.75) is 169 Å². The van der Waals surface area contributed by atoms with Crippen molar-refractivity contribution in [1.29, 1.82) is 0 Å². The molecule has 0 radical (unpaired) electrons. The molecule has 2 atom stereocenters. The summed E-state index contributed by atoms with van der Waals surface area (Å²) < 4.78 is 91.3. The normalized spacial score (nSPS) is 17.0. The summed E-state index contributed by atoms with van der Waals surface area (Å²) in [6.45, 7) is 17.2. The van der Waals surface area contributed by atoms with E-state index in [1.165, 1.54) is 44.4 Å². The fourth-order valence-electron chi connectivity index (χ4n) is 10.4. The van der Waals surface area contributed by atoms with E-state index in [-0.39, 0.29) is 108 Å². The summed E-state index contributed by atoms with van der Waals surface area (Å²) >= 11 is 2.40. The highest BCUT2D eigenvalue weighted by Gasteiger charge is 2.32. The molecule has 0 saturated heterocycles. The number of amides is 3. The van der Waals surface area contributed by atoms with E-state index >= 15 is 0 Å². The molecule has 33 heteroatoms. The maximum absolute atomic E-state index is 14.9. The van der Waals surface area contributed by atoms with Gasteiger partial charge in [0.1, 0.15) is 61.9 Å². The largest absolute Gasteiger partial charge is 0.444 e. The average Bonchev–Trinajstić information content (AvgIpc) is 1.40. The van der Waals surface area contributed by atoms with Crippen molar-refractivity contribution in [3.8, 4) is 43.9 Å². The number of carbonyl (C=O) groups excluding carboxylic acids is 5. The van der Waals surface area contributed by atoms with Crippen molar-refractivity contribution in [2.75, 3.05) is 23.8 Å². The maximum atomic E-state index is 14.9. The number of alkyl carbamates (subject to hydrolysis) is 1. The van der Waals surface area contributed by atoms with Crippen LogP contribution in [0.15, 0.2) is 72.2 Å². The van der Waals surface area contributed by atoms with Crippen molar-refractivity contribution in [3.63, 3.8) is 0 Å². The molecule has 5 N–H and O–H groups in total. The molecule has 26 nitrogen and oxygen atoms in total. The standard InChI is InChI=1S/C34H42F2N8O6S.C29H34F2N8O4S.ClH/c1-7-48-22-10-8-21(9-11-22)44-16-24(29(42-44)28-23(35)12-13-26(36)40-28)38-30(45)25-17-51-31(39-25)20-14-37-43(15-20)18-49-32(46)27(19(2)3)41-33(47)50-34(4,5)6;1-4-42-19-7-5-18(6-8-19)39-13-21(26(37-39)25-20(30)9-10-23(31)36-25)34-27(40)22-14-44-28(35-22)17-11-33-38(12-17)15-43-29(41)24(32)16(2)3;/h12-17,19,21-22,27H,7-11,18H2,1-6H3,(H,38,45)(H,41,47);9-14,16,18-19,24H,4-8,15,32H2,1-3H3,(H,34,40);1H/t21?,22?,27-;18?,19?,24-;/m00./s1. The highest BCUT2D eigenvalue weighted by molar-refractivity contribution is 7.13. The molecule has 516 valence electrons. The molecule has 0 aliphatic heterocycles. The Morgan fingerprint density at radius 3 is 1.43 bits per heavy atom. The second-order valence-electron chi connectivity index (χ2n) is 24.3. The Hall–Kier alpha value is -8.56. The number of ether oxygens (including phenoxy) is 5. The number of nitrogens with two attached hydrogens (primary N) is 1. The zero-order chi connectivity index (χ0) is 68.3. The van der Waals surface area contributed by atoms with E-state index in [1.54, 1.807) is 79.5 Å². The predicted octanol–water partition coefficient (Wildman–Crippen LogP) is 11.6. The molecule has 0 bridgehead atoms. The van der Waals surface area contributed by atoms with Crippen molar-refractivity contribution in [3.05, 3.63) is 107 Å². The van der Waals surface area contributed by atoms with Gasteiger partial charge in [-0.1, -0.05) is 27.7 Å². The molecule has 2 aliphatic rings. The van der Waals surface area contributed by atoms with Gasteiger partial charge in [-0.25, -0.2) is 47.7 Å². The Labute approximate surface area is 564 Å². The average molecular weight is 1390 g/mol. The Bertz CT molecular complexity index is 3960. The van der Waals surface area contributed by atoms with E-state index in [1.807, 2.05) is 27.7 Å². The summed E-state index contributed by atoms with van der Waals surface area (Å²) in [6.07, 6.45) is 15.5. The lowest BCUT2D eigenvalue weighted by Crippen LogP contribution is -2.47. The van der Waals surface area contributed by atoms with Crippen molar-refractivity contribution in [2.24, 2.45) is 17.6 Å². The third kappa shape index (κ3) is 19.1. The summed E-state index contributed by atoms with van der Waals surface area (Å²) in [5.74, 6) is -5.97. The van der Waals surface area contributed by atoms with Crippen molar-refractivity contribution >= 4 is 76.3 Å². The highest BCUT2D eigenvalue weighted by atomic mass is 35.5. The molecule has 2 fully saturated rings. The minimum absolute atomic E-state index is 0. The van der Waals surface area contributed by atoms with Crippen LogP contribution < -0.4 is 21.7 Å². The van der Waals surface area contributed by atoms with Gasteiger partial charge in [-0.3, -0.25) is 23.7 Å². The lowest BCUT2D eigenvalue weighted by Gasteiger charge is -2.28. The minimum atomic E-state index is -0.939. The Balaban J connectivity index is 0.000000246. The van der Waals surface area contributed by atoms with Crippen molar-refractivity contribution < 1.29 is 65.2 Å². The molecule has 3 amide bonds. The first-order valence-corrected chi connectivity index (χ1v) is 32.8. The molecule has 96 heavy (non-hydrogen) atoms. The van der Waals surface area contributed by atoms with E-state index in [0.29, 0.717) is 34.4 Å². The number of hydrogen-bond donors (Lipinski definition) is 4. The summed E-state index contributed by atoms with van der Waals surface area (Å²) in [6, 6.07) is 2.07. The van der Waals surface area contributed by atoms with Crippen LogP contribution >= 0.6 is 35.1 Å². The Kier molecular flexibility index (Phi) is 25.1. The van der Waals surface area contributed by atoms with Gasteiger partial charge in [0.05, 0.1) is 48.1 Å². The number of aromatic nitrogens is 12. The number of anilines is 2. The third-order valence-corrected chi connectivity index (χ3v) is 17.2. The molecule has 2 saturated carbocycles. The highest BCUT2D eigenvalue weighted by Crippen LogP contribution is 2.37. The zero-order valence-electron chi connectivity index (χ0n) is 54.3. The molecule has 0 unspecified atom stereocenters. The molecular weight excluding hydrogens is 1320 g/mol.